The van der Waals surface area contributed by atoms with Crippen LogP contribution in [0.3, 0.4) is 0 Å². The summed E-state index contributed by atoms with van der Waals surface area (Å²) >= 11 is 1.42. The molecule has 20 heavy (non-hydrogen) atoms. The summed E-state index contributed by atoms with van der Waals surface area (Å²) in [5.41, 5.74) is 0.634. The van der Waals surface area contributed by atoms with Crippen molar-refractivity contribution in [3.05, 3.63) is 41.2 Å². The van der Waals surface area contributed by atoms with Crippen molar-refractivity contribution in [1.82, 2.24) is 9.97 Å². The number of hydrogen-bond acceptors (Lipinski definition) is 5. The van der Waals surface area contributed by atoms with Gasteiger partial charge >= 0.3 is 5.97 Å². The molecule has 2 rings (SSSR count). The molecule has 0 aliphatic heterocycles. The van der Waals surface area contributed by atoms with Crippen molar-refractivity contribution in [2.45, 2.75) is 25.7 Å². The molecule has 0 atom stereocenters. The second-order valence-electron chi connectivity index (χ2n) is 4.97. The number of carboxylic acids is 1. The highest BCUT2D eigenvalue weighted by Crippen LogP contribution is 2.27. The lowest BCUT2D eigenvalue weighted by Crippen LogP contribution is -2.28. The van der Waals surface area contributed by atoms with E-state index in [4.69, 9.17) is 5.11 Å². The number of thiazole rings is 1. The van der Waals surface area contributed by atoms with E-state index in [1.807, 2.05) is 18.2 Å². The van der Waals surface area contributed by atoms with Gasteiger partial charge in [-0.3, -0.25) is 9.78 Å². The fourth-order valence-corrected chi connectivity index (χ4v) is 2.50. The van der Waals surface area contributed by atoms with E-state index >= 15 is 0 Å². The summed E-state index contributed by atoms with van der Waals surface area (Å²) in [7, 11) is 0. The molecule has 0 saturated heterocycles. The van der Waals surface area contributed by atoms with Crippen LogP contribution in [0.5, 0.6) is 0 Å². The SMILES string of the molecule is CC(C)(C(=O)O)c1csc(NCCc2ccccn2)n1. The fourth-order valence-electron chi connectivity index (χ4n) is 1.60. The van der Waals surface area contributed by atoms with Crippen LogP contribution in [0.15, 0.2) is 29.8 Å². The van der Waals surface area contributed by atoms with Gasteiger partial charge in [-0.2, -0.15) is 0 Å². The van der Waals surface area contributed by atoms with Crippen molar-refractivity contribution < 1.29 is 9.90 Å². The van der Waals surface area contributed by atoms with E-state index < -0.39 is 11.4 Å². The Kier molecular flexibility index (Phi) is 4.34. The third kappa shape index (κ3) is 3.33. The van der Waals surface area contributed by atoms with Crippen LogP contribution in [-0.4, -0.2) is 27.6 Å². The van der Waals surface area contributed by atoms with Crippen molar-refractivity contribution in [3.63, 3.8) is 0 Å². The monoisotopic (exact) mass is 291 g/mol. The number of nitrogens with one attached hydrogen (secondary N) is 1. The summed E-state index contributed by atoms with van der Waals surface area (Å²) in [6, 6.07) is 5.82. The van der Waals surface area contributed by atoms with Crippen LogP contribution in [0.4, 0.5) is 5.13 Å². The first kappa shape index (κ1) is 14.5. The molecule has 0 aliphatic carbocycles. The Morgan fingerprint density at radius 1 is 1.45 bits per heavy atom. The summed E-state index contributed by atoms with van der Waals surface area (Å²) in [4.78, 5) is 19.7. The van der Waals surface area contributed by atoms with E-state index in [1.54, 1.807) is 25.4 Å². The number of aromatic nitrogens is 2. The van der Waals surface area contributed by atoms with Gasteiger partial charge in [-0.1, -0.05) is 6.07 Å². The molecule has 0 amide bonds. The molecule has 0 aromatic carbocycles. The molecule has 0 aliphatic rings. The molecule has 0 spiro atoms. The van der Waals surface area contributed by atoms with Gasteiger partial charge in [0.1, 0.15) is 5.41 Å². The van der Waals surface area contributed by atoms with E-state index in [0.717, 1.165) is 23.8 Å². The van der Waals surface area contributed by atoms with E-state index in [1.165, 1.54) is 11.3 Å². The molecule has 5 nitrogen and oxygen atoms in total. The quantitative estimate of drug-likeness (QED) is 0.855. The van der Waals surface area contributed by atoms with Crippen LogP contribution >= 0.6 is 11.3 Å². The first-order valence-electron chi connectivity index (χ1n) is 6.33. The Balaban J connectivity index is 1.92. The molecule has 0 fully saturated rings. The summed E-state index contributed by atoms with van der Waals surface area (Å²) < 4.78 is 0. The number of rotatable bonds is 6. The first-order chi connectivity index (χ1) is 9.50. The van der Waals surface area contributed by atoms with Crippen LogP contribution in [0.2, 0.25) is 0 Å². The second kappa shape index (κ2) is 6.00. The highest BCUT2D eigenvalue weighted by atomic mass is 32.1. The molecule has 2 aromatic rings. The average molecular weight is 291 g/mol. The number of aliphatic carboxylic acids is 1. The molecule has 0 unspecified atom stereocenters. The molecular formula is C14H17N3O2S. The minimum Gasteiger partial charge on any atom is -0.481 e. The highest BCUT2D eigenvalue weighted by Gasteiger charge is 2.32. The van der Waals surface area contributed by atoms with Crippen LogP contribution in [0.25, 0.3) is 0 Å². The zero-order valence-electron chi connectivity index (χ0n) is 11.5. The van der Waals surface area contributed by atoms with Crippen LogP contribution in [0, 0.1) is 0 Å². The van der Waals surface area contributed by atoms with Gasteiger partial charge in [-0.15, -0.1) is 11.3 Å². The van der Waals surface area contributed by atoms with Crippen molar-refractivity contribution >= 4 is 22.4 Å². The van der Waals surface area contributed by atoms with Crippen molar-refractivity contribution in [2.75, 3.05) is 11.9 Å². The van der Waals surface area contributed by atoms with Crippen LogP contribution in [0.1, 0.15) is 25.2 Å². The molecule has 0 bridgehead atoms. The van der Waals surface area contributed by atoms with E-state index in [2.05, 4.69) is 15.3 Å². The van der Waals surface area contributed by atoms with E-state index in [-0.39, 0.29) is 0 Å². The summed E-state index contributed by atoms with van der Waals surface area (Å²) in [6.07, 6.45) is 2.57. The molecule has 0 saturated carbocycles. The maximum atomic E-state index is 11.2. The van der Waals surface area contributed by atoms with Gasteiger partial charge in [0, 0.05) is 30.2 Å². The molecular weight excluding hydrogens is 274 g/mol. The number of pyridine rings is 1. The van der Waals surface area contributed by atoms with E-state index in [0.29, 0.717) is 5.69 Å². The number of anilines is 1. The van der Waals surface area contributed by atoms with Gasteiger partial charge in [0.25, 0.3) is 0 Å². The van der Waals surface area contributed by atoms with Crippen LogP contribution < -0.4 is 5.32 Å². The van der Waals surface area contributed by atoms with Gasteiger partial charge in [0.2, 0.25) is 0 Å². The summed E-state index contributed by atoms with van der Waals surface area (Å²) in [5, 5.41) is 14.9. The molecule has 6 heteroatoms. The molecule has 106 valence electrons. The standard InChI is InChI=1S/C14H17N3O2S/c1-14(2,12(18)19)11-9-20-13(17-11)16-8-6-10-5-3-4-7-15-10/h3-5,7,9H,6,8H2,1-2H3,(H,16,17)(H,18,19). The smallest absolute Gasteiger partial charge is 0.315 e. The lowest BCUT2D eigenvalue weighted by Gasteiger charge is -2.15. The van der Waals surface area contributed by atoms with Crippen molar-refractivity contribution in [1.29, 1.82) is 0 Å². The average Bonchev–Trinajstić information content (AvgIpc) is 2.89. The number of hydrogen-bond donors (Lipinski definition) is 2. The number of nitrogens with zero attached hydrogens (tertiary/aromatic N) is 2. The van der Waals surface area contributed by atoms with Gasteiger partial charge in [0.15, 0.2) is 5.13 Å². The Morgan fingerprint density at radius 2 is 2.25 bits per heavy atom. The lowest BCUT2D eigenvalue weighted by molar-refractivity contribution is -0.142. The van der Waals surface area contributed by atoms with Crippen molar-refractivity contribution in [3.8, 4) is 0 Å². The van der Waals surface area contributed by atoms with Gasteiger partial charge in [0.05, 0.1) is 5.69 Å². The third-order valence-electron chi connectivity index (χ3n) is 3.06. The van der Waals surface area contributed by atoms with E-state index in [9.17, 15) is 4.79 Å². The Morgan fingerprint density at radius 3 is 2.90 bits per heavy atom. The maximum Gasteiger partial charge on any atom is 0.315 e. The molecule has 2 N–H and O–H groups in total. The number of carboxylic acid groups (broad SMARTS) is 1. The molecule has 2 aromatic heterocycles. The zero-order chi connectivity index (χ0) is 14.6. The first-order valence-corrected chi connectivity index (χ1v) is 7.21. The minimum absolute atomic E-state index is 0.579. The lowest BCUT2D eigenvalue weighted by atomic mass is 9.90. The van der Waals surface area contributed by atoms with Crippen molar-refractivity contribution in [2.24, 2.45) is 0 Å². The predicted octanol–water partition coefficient (Wildman–Crippen LogP) is 2.55. The molecule has 2 heterocycles. The Hall–Kier alpha value is -1.95. The largest absolute Gasteiger partial charge is 0.481 e. The second-order valence-corrected chi connectivity index (χ2v) is 5.82. The number of carbonyl (C=O) groups is 1. The Bertz CT molecular complexity index is 581. The molecule has 0 radical (unpaired) electrons. The normalized spacial score (nSPS) is 11.3. The third-order valence-corrected chi connectivity index (χ3v) is 3.86. The van der Waals surface area contributed by atoms with Gasteiger partial charge in [-0.05, 0) is 26.0 Å². The summed E-state index contributed by atoms with van der Waals surface area (Å²) in [6.45, 7) is 4.03. The van der Waals surface area contributed by atoms with Crippen LogP contribution in [-0.2, 0) is 16.6 Å². The van der Waals surface area contributed by atoms with Gasteiger partial charge < -0.3 is 10.4 Å². The Labute approximate surface area is 121 Å². The highest BCUT2D eigenvalue weighted by molar-refractivity contribution is 7.13. The zero-order valence-corrected chi connectivity index (χ0v) is 12.3. The minimum atomic E-state index is -0.961. The maximum absolute atomic E-state index is 11.2. The fraction of sp³-hybridized carbons (Fsp3) is 0.357. The summed E-state index contributed by atoms with van der Waals surface area (Å²) in [5.74, 6) is -0.872. The predicted molar refractivity (Wildman–Crippen MR) is 79.2 cm³/mol. The van der Waals surface area contributed by atoms with Gasteiger partial charge in [-0.25, -0.2) is 4.98 Å². The topological polar surface area (TPSA) is 75.1 Å².